The topological polar surface area (TPSA) is 121 Å². The van der Waals surface area contributed by atoms with Crippen LogP contribution >= 0.6 is 0 Å². The summed E-state index contributed by atoms with van der Waals surface area (Å²) in [5.41, 5.74) is -0.731. The van der Waals surface area contributed by atoms with Crippen molar-refractivity contribution in [1.29, 1.82) is 0 Å². The van der Waals surface area contributed by atoms with Gasteiger partial charge in [0.15, 0.2) is 5.78 Å². The highest BCUT2D eigenvalue weighted by Gasteiger charge is 2.33. The Morgan fingerprint density at radius 3 is 2.64 bits per heavy atom. The van der Waals surface area contributed by atoms with Gasteiger partial charge in [0.05, 0.1) is 12.0 Å². The SMILES string of the molecule is CCOC[C@](C)(CCNC(=O)c1cc(C(C)=O)n[nH]1)C(=O)O. The van der Waals surface area contributed by atoms with Gasteiger partial charge in [0.25, 0.3) is 5.91 Å². The van der Waals surface area contributed by atoms with E-state index in [1.165, 1.54) is 13.0 Å². The zero-order valence-corrected chi connectivity index (χ0v) is 12.9. The number of H-pyrrole nitrogens is 1. The van der Waals surface area contributed by atoms with Crippen molar-refractivity contribution in [3.63, 3.8) is 0 Å². The average molecular weight is 311 g/mol. The molecule has 1 atom stereocenters. The van der Waals surface area contributed by atoms with Crippen LogP contribution in [-0.2, 0) is 9.53 Å². The Morgan fingerprint density at radius 1 is 1.45 bits per heavy atom. The van der Waals surface area contributed by atoms with Crippen molar-refractivity contribution >= 4 is 17.7 Å². The van der Waals surface area contributed by atoms with E-state index in [9.17, 15) is 19.5 Å². The van der Waals surface area contributed by atoms with E-state index >= 15 is 0 Å². The minimum atomic E-state index is -1.07. The van der Waals surface area contributed by atoms with Crippen molar-refractivity contribution in [2.24, 2.45) is 5.41 Å². The van der Waals surface area contributed by atoms with Crippen molar-refractivity contribution in [1.82, 2.24) is 15.5 Å². The van der Waals surface area contributed by atoms with Crippen molar-refractivity contribution in [2.75, 3.05) is 19.8 Å². The normalized spacial score (nSPS) is 13.4. The Hall–Kier alpha value is -2.22. The fourth-order valence-corrected chi connectivity index (χ4v) is 1.73. The predicted octanol–water partition coefficient (Wildman–Crippen LogP) is 0.860. The third-order valence-electron chi connectivity index (χ3n) is 3.29. The molecular weight excluding hydrogens is 290 g/mol. The summed E-state index contributed by atoms with van der Waals surface area (Å²) in [6, 6.07) is 1.36. The number of amides is 1. The third-order valence-corrected chi connectivity index (χ3v) is 3.29. The number of aromatic amines is 1. The largest absolute Gasteiger partial charge is 0.481 e. The highest BCUT2D eigenvalue weighted by atomic mass is 16.5. The molecule has 0 radical (unpaired) electrons. The maximum atomic E-state index is 11.9. The Bertz CT molecular complexity index is 554. The molecule has 0 bridgehead atoms. The Labute approximate surface area is 128 Å². The van der Waals surface area contributed by atoms with Gasteiger partial charge in [0.1, 0.15) is 11.4 Å². The standard InChI is InChI=1S/C14H21N3O5/c1-4-22-8-14(3,13(20)21)5-6-15-12(19)11-7-10(9(2)18)16-17-11/h7H,4-6,8H2,1-3H3,(H,15,19)(H,16,17)(H,20,21)/t14-/m0/s1. The van der Waals surface area contributed by atoms with Gasteiger partial charge < -0.3 is 15.2 Å². The van der Waals surface area contributed by atoms with E-state index < -0.39 is 17.3 Å². The number of nitrogens with one attached hydrogen (secondary N) is 2. The first-order valence-corrected chi connectivity index (χ1v) is 6.96. The molecule has 0 saturated carbocycles. The summed E-state index contributed by atoms with van der Waals surface area (Å²) < 4.78 is 5.18. The molecule has 0 aromatic carbocycles. The number of aliphatic carboxylic acids is 1. The summed E-state index contributed by atoms with van der Waals surface area (Å²) in [5, 5.41) is 18.0. The van der Waals surface area contributed by atoms with Gasteiger partial charge in [0, 0.05) is 20.1 Å². The summed E-state index contributed by atoms with van der Waals surface area (Å²) in [6.45, 7) is 5.38. The second-order valence-corrected chi connectivity index (χ2v) is 5.23. The Balaban J connectivity index is 2.55. The summed E-state index contributed by atoms with van der Waals surface area (Å²) in [5.74, 6) is -1.66. The number of ketones is 1. The zero-order valence-electron chi connectivity index (χ0n) is 12.9. The van der Waals surface area contributed by atoms with E-state index in [2.05, 4.69) is 15.5 Å². The number of Topliss-reactive ketones (excluding diaryl/α,β-unsaturated/α-hetero) is 1. The quantitative estimate of drug-likeness (QED) is 0.581. The maximum Gasteiger partial charge on any atom is 0.311 e. The van der Waals surface area contributed by atoms with Crippen molar-refractivity contribution < 1.29 is 24.2 Å². The summed E-state index contributed by atoms with van der Waals surface area (Å²) in [6.07, 6.45) is 0.224. The number of carboxylic acid groups (broad SMARTS) is 1. The number of ether oxygens (including phenoxy) is 1. The minimum Gasteiger partial charge on any atom is -0.481 e. The van der Waals surface area contributed by atoms with Crippen molar-refractivity contribution in [3.8, 4) is 0 Å². The van der Waals surface area contributed by atoms with Crippen LogP contribution in [0.5, 0.6) is 0 Å². The van der Waals surface area contributed by atoms with E-state index in [-0.39, 0.29) is 36.7 Å². The molecule has 1 aromatic rings. The zero-order chi connectivity index (χ0) is 16.8. The molecule has 0 fully saturated rings. The molecular formula is C14H21N3O5. The number of hydrogen-bond acceptors (Lipinski definition) is 5. The molecule has 3 N–H and O–H groups in total. The van der Waals surface area contributed by atoms with Crippen LogP contribution in [0.3, 0.4) is 0 Å². The monoisotopic (exact) mass is 311 g/mol. The van der Waals surface area contributed by atoms with Crippen LogP contribution in [0, 0.1) is 5.41 Å². The van der Waals surface area contributed by atoms with E-state index in [0.29, 0.717) is 6.61 Å². The molecule has 1 aromatic heterocycles. The van der Waals surface area contributed by atoms with Crippen LogP contribution in [0.15, 0.2) is 6.07 Å². The molecule has 22 heavy (non-hydrogen) atoms. The molecule has 1 heterocycles. The number of rotatable bonds is 9. The van der Waals surface area contributed by atoms with Gasteiger partial charge in [0.2, 0.25) is 0 Å². The maximum absolute atomic E-state index is 11.9. The van der Waals surface area contributed by atoms with Crippen LogP contribution in [0.4, 0.5) is 0 Å². The predicted molar refractivity (Wildman–Crippen MR) is 77.8 cm³/mol. The van der Waals surface area contributed by atoms with Gasteiger partial charge in [-0.2, -0.15) is 5.10 Å². The van der Waals surface area contributed by atoms with Gasteiger partial charge in [-0.05, 0) is 26.3 Å². The number of nitrogens with zero attached hydrogens (tertiary/aromatic N) is 1. The van der Waals surface area contributed by atoms with Crippen LogP contribution in [0.25, 0.3) is 0 Å². The number of hydrogen-bond donors (Lipinski definition) is 3. The Kier molecular flexibility index (Phi) is 6.24. The lowest BCUT2D eigenvalue weighted by molar-refractivity contribution is -0.152. The van der Waals surface area contributed by atoms with Gasteiger partial charge in [-0.25, -0.2) is 0 Å². The molecule has 0 aliphatic rings. The Morgan fingerprint density at radius 2 is 2.14 bits per heavy atom. The van der Waals surface area contributed by atoms with E-state index in [4.69, 9.17) is 4.74 Å². The highest BCUT2D eigenvalue weighted by molar-refractivity contribution is 5.97. The average Bonchev–Trinajstić information content (AvgIpc) is 2.95. The van der Waals surface area contributed by atoms with E-state index in [1.807, 2.05) is 0 Å². The molecule has 1 amide bonds. The molecule has 0 aliphatic carbocycles. The van der Waals surface area contributed by atoms with Crippen LogP contribution < -0.4 is 5.32 Å². The lowest BCUT2D eigenvalue weighted by Gasteiger charge is -2.24. The summed E-state index contributed by atoms with van der Waals surface area (Å²) >= 11 is 0. The number of carbonyl (C=O) groups is 3. The second-order valence-electron chi connectivity index (χ2n) is 5.23. The smallest absolute Gasteiger partial charge is 0.311 e. The lowest BCUT2D eigenvalue weighted by Crippen LogP contribution is -2.37. The first-order valence-electron chi connectivity index (χ1n) is 6.96. The first-order chi connectivity index (χ1) is 10.3. The summed E-state index contributed by atoms with van der Waals surface area (Å²) in [7, 11) is 0. The van der Waals surface area contributed by atoms with Gasteiger partial charge in [-0.3, -0.25) is 19.5 Å². The number of carboxylic acids is 1. The molecule has 8 heteroatoms. The van der Waals surface area contributed by atoms with Crippen molar-refractivity contribution in [3.05, 3.63) is 17.5 Å². The fourth-order valence-electron chi connectivity index (χ4n) is 1.73. The van der Waals surface area contributed by atoms with E-state index in [1.54, 1.807) is 13.8 Å². The molecule has 0 spiro atoms. The fraction of sp³-hybridized carbons (Fsp3) is 0.571. The highest BCUT2D eigenvalue weighted by Crippen LogP contribution is 2.21. The molecule has 122 valence electrons. The first kappa shape index (κ1) is 17.8. The van der Waals surface area contributed by atoms with Crippen LogP contribution in [0.2, 0.25) is 0 Å². The molecule has 0 unspecified atom stereocenters. The van der Waals surface area contributed by atoms with Gasteiger partial charge >= 0.3 is 5.97 Å². The minimum absolute atomic E-state index is 0.0766. The molecule has 0 saturated heterocycles. The number of aromatic nitrogens is 2. The van der Waals surface area contributed by atoms with Crippen LogP contribution in [-0.4, -0.2) is 52.7 Å². The molecule has 8 nitrogen and oxygen atoms in total. The third kappa shape index (κ3) is 4.66. The van der Waals surface area contributed by atoms with Gasteiger partial charge in [-0.1, -0.05) is 0 Å². The molecule has 1 rings (SSSR count). The van der Waals surface area contributed by atoms with Crippen molar-refractivity contribution in [2.45, 2.75) is 27.2 Å². The number of carbonyl (C=O) groups excluding carboxylic acids is 2. The summed E-state index contributed by atoms with van der Waals surface area (Å²) in [4.78, 5) is 34.3. The second kappa shape index (κ2) is 7.69. The van der Waals surface area contributed by atoms with Crippen LogP contribution in [0.1, 0.15) is 48.2 Å². The van der Waals surface area contributed by atoms with E-state index in [0.717, 1.165) is 0 Å². The van der Waals surface area contributed by atoms with Gasteiger partial charge in [-0.15, -0.1) is 0 Å². The lowest BCUT2D eigenvalue weighted by atomic mass is 9.88. The molecule has 0 aliphatic heterocycles.